The van der Waals surface area contributed by atoms with E-state index in [9.17, 15) is 9.50 Å². The molecule has 0 aliphatic rings. The molecule has 0 amide bonds. The van der Waals surface area contributed by atoms with Gasteiger partial charge in [0.05, 0.1) is 10.7 Å². The van der Waals surface area contributed by atoms with Crippen LogP contribution >= 0.6 is 15.9 Å². The normalized spacial score (nSPS) is 10.7. The SMILES string of the molecule is Cn1ncc(-c2ccc(O)c(Br)c2F)c1N. The third-order valence-corrected chi connectivity index (χ3v) is 3.09. The average molecular weight is 286 g/mol. The summed E-state index contributed by atoms with van der Waals surface area (Å²) in [5.41, 5.74) is 6.55. The van der Waals surface area contributed by atoms with Gasteiger partial charge in [-0.2, -0.15) is 5.10 Å². The maximum absolute atomic E-state index is 13.8. The van der Waals surface area contributed by atoms with Crippen LogP contribution in [-0.4, -0.2) is 14.9 Å². The molecule has 0 saturated heterocycles. The number of phenols is 1. The fourth-order valence-corrected chi connectivity index (χ4v) is 1.75. The number of aryl methyl sites for hydroxylation is 1. The van der Waals surface area contributed by atoms with Crippen LogP contribution in [0.15, 0.2) is 22.8 Å². The average Bonchev–Trinajstić information content (AvgIpc) is 2.58. The van der Waals surface area contributed by atoms with Crippen molar-refractivity contribution in [3.05, 3.63) is 28.6 Å². The molecule has 1 aromatic carbocycles. The number of benzene rings is 1. The second-order valence-corrected chi connectivity index (χ2v) is 4.12. The number of aromatic hydroxyl groups is 1. The van der Waals surface area contributed by atoms with E-state index in [0.29, 0.717) is 16.9 Å². The first-order valence-corrected chi connectivity index (χ1v) is 5.26. The third kappa shape index (κ3) is 1.55. The summed E-state index contributed by atoms with van der Waals surface area (Å²) >= 11 is 2.97. The minimum absolute atomic E-state index is 0.0215. The van der Waals surface area contributed by atoms with Gasteiger partial charge in [-0.15, -0.1) is 0 Å². The van der Waals surface area contributed by atoms with E-state index in [1.54, 1.807) is 7.05 Å². The van der Waals surface area contributed by atoms with Crippen molar-refractivity contribution in [3.63, 3.8) is 0 Å². The Bertz CT molecular complexity index is 553. The predicted octanol–water partition coefficient (Wildman–Crippen LogP) is 2.28. The largest absolute Gasteiger partial charge is 0.507 e. The smallest absolute Gasteiger partial charge is 0.149 e. The van der Waals surface area contributed by atoms with E-state index < -0.39 is 5.82 Å². The second-order valence-electron chi connectivity index (χ2n) is 3.33. The quantitative estimate of drug-likeness (QED) is 0.845. The molecular weight excluding hydrogens is 277 g/mol. The zero-order valence-electron chi connectivity index (χ0n) is 8.41. The van der Waals surface area contributed by atoms with Crippen LogP contribution in [0, 0.1) is 5.82 Å². The highest BCUT2D eigenvalue weighted by Crippen LogP contribution is 2.35. The van der Waals surface area contributed by atoms with Gasteiger partial charge in [0.15, 0.2) is 0 Å². The summed E-state index contributed by atoms with van der Waals surface area (Å²) in [5.74, 6) is -0.333. The molecule has 0 bridgehead atoms. The van der Waals surface area contributed by atoms with Gasteiger partial charge in [0, 0.05) is 18.2 Å². The molecule has 4 nitrogen and oxygen atoms in total. The van der Waals surface area contributed by atoms with Crippen molar-refractivity contribution in [3.8, 4) is 16.9 Å². The van der Waals surface area contributed by atoms with Crippen molar-refractivity contribution in [1.82, 2.24) is 9.78 Å². The molecule has 84 valence electrons. The summed E-state index contributed by atoms with van der Waals surface area (Å²) in [6, 6.07) is 2.86. The topological polar surface area (TPSA) is 64.1 Å². The van der Waals surface area contributed by atoms with E-state index in [2.05, 4.69) is 21.0 Å². The Morgan fingerprint density at radius 2 is 2.12 bits per heavy atom. The zero-order valence-corrected chi connectivity index (χ0v) is 9.99. The Hall–Kier alpha value is -1.56. The number of aromatic nitrogens is 2. The number of anilines is 1. The fraction of sp³-hybridized carbons (Fsp3) is 0.100. The van der Waals surface area contributed by atoms with Gasteiger partial charge in [0.1, 0.15) is 17.4 Å². The van der Waals surface area contributed by atoms with Gasteiger partial charge < -0.3 is 10.8 Å². The molecule has 16 heavy (non-hydrogen) atoms. The van der Waals surface area contributed by atoms with E-state index in [0.717, 1.165) is 0 Å². The Balaban J connectivity index is 2.66. The molecule has 3 N–H and O–H groups in total. The van der Waals surface area contributed by atoms with Crippen LogP contribution in [0.2, 0.25) is 0 Å². The van der Waals surface area contributed by atoms with Crippen LogP contribution in [0.1, 0.15) is 0 Å². The summed E-state index contributed by atoms with van der Waals surface area (Å²) < 4.78 is 15.3. The Morgan fingerprint density at radius 1 is 1.44 bits per heavy atom. The minimum atomic E-state index is -0.556. The zero-order chi connectivity index (χ0) is 11.9. The fourth-order valence-electron chi connectivity index (χ4n) is 1.40. The number of rotatable bonds is 1. The molecule has 1 aromatic heterocycles. The number of hydrogen-bond acceptors (Lipinski definition) is 3. The van der Waals surface area contributed by atoms with E-state index in [1.807, 2.05) is 0 Å². The van der Waals surface area contributed by atoms with E-state index in [1.165, 1.54) is 23.0 Å². The number of nitrogens with zero attached hydrogens (tertiary/aromatic N) is 2. The van der Waals surface area contributed by atoms with E-state index in [4.69, 9.17) is 5.73 Å². The molecule has 0 fully saturated rings. The van der Waals surface area contributed by atoms with Gasteiger partial charge in [-0.25, -0.2) is 4.39 Å². The Labute approximate surface area is 99.6 Å². The Kier molecular flexibility index (Phi) is 2.59. The lowest BCUT2D eigenvalue weighted by molar-refractivity contribution is 0.464. The number of nitrogen functional groups attached to an aromatic ring is 1. The molecule has 0 aliphatic carbocycles. The molecule has 0 radical (unpaired) electrons. The van der Waals surface area contributed by atoms with Crippen LogP contribution in [0.4, 0.5) is 10.2 Å². The van der Waals surface area contributed by atoms with Crippen LogP contribution < -0.4 is 5.73 Å². The lowest BCUT2D eigenvalue weighted by Gasteiger charge is -2.05. The van der Waals surface area contributed by atoms with Crippen molar-refractivity contribution < 1.29 is 9.50 Å². The lowest BCUT2D eigenvalue weighted by Crippen LogP contribution is -1.98. The van der Waals surface area contributed by atoms with Crippen molar-refractivity contribution in [2.75, 3.05) is 5.73 Å². The van der Waals surface area contributed by atoms with Crippen molar-refractivity contribution in [2.45, 2.75) is 0 Å². The summed E-state index contributed by atoms with van der Waals surface area (Å²) in [7, 11) is 1.67. The van der Waals surface area contributed by atoms with Crippen LogP contribution in [0.25, 0.3) is 11.1 Å². The van der Waals surface area contributed by atoms with E-state index >= 15 is 0 Å². The first-order chi connectivity index (χ1) is 7.52. The molecule has 2 rings (SSSR count). The third-order valence-electron chi connectivity index (χ3n) is 2.34. The maximum Gasteiger partial charge on any atom is 0.149 e. The maximum atomic E-state index is 13.8. The Morgan fingerprint density at radius 3 is 2.69 bits per heavy atom. The second kappa shape index (κ2) is 3.79. The predicted molar refractivity (Wildman–Crippen MR) is 62.4 cm³/mol. The monoisotopic (exact) mass is 285 g/mol. The molecular formula is C10H9BrFN3O. The van der Waals surface area contributed by atoms with Crippen molar-refractivity contribution in [1.29, 1.82) is 0 Å². The highest BCUT2D eigenvalue weighted by Gasteiger charge is 2.16. The highest BCUT2D eigenvalue weighted by atomic mass is 79.9. The van der Waals surface area contributed by atoms with Crippen LogP contribution in [0.5, 0.6) is 5.75 Å². The van der Waals surface area contributed by atoms with Gasteiger partial charge in [0.25, 0.3) is 0 Å². The molecule has 0 atom stereocenters. The number of phenolic OH excluding ortho intramolecular Hbond substituents is 1. The molecule has 0 aliphatic heterocycles. The van der Waals surface area contributed by atoms with Gasteiger partial charge in [-0.1, -0.05) is 0 Å². The van der Waals surface area contributed by atoms with E-state index in [-0.39, 0.29) is 10.2 Å². The van der Waals surface area contributed by atoms with Gasteiger partial charge in [-0.05, 0) is 28.1 Å². The molecule has 1 heterocycles. The molecule has 2 aromatic rings. The summed E-state index contributed by atoms with van der Waals surface area (Å²) in [6.45, 7) is 0. The standard InChI is InChI=1S/C10H9BrFN3O/c1-15-10(13)6(4-14-15)5-2-3-7(16)8(11)9(5)12/h2-4,16H,13H2,1H3. The highest BCUT2D eigenvalue weighted by molar-refractivity contribution is 9.10. The van der Waals surface area contributed by atoms with Crippen molar-refractivity contribution >= 4 is 21.7 Å². The van der Waals surface area contributed by atoms with Gasteiger partial charge >= 0.3 is 0 Å². The van der Waals surface area contributed by atoms with Gasteiger partial charge in [0.2, 0.25) is 0 Å². The molecule has 0 saturated carbocycles. The van der Waals surface area contributed by atoms with Gasteiger partial charge in [-0.3, -0.25) is 4.68 Å². The summed E-state index contributed by atoms with van der Waals surface area (Å²) in [5, 5.41) is 13.2. The molecule has 6 heteroatoms. The van der Waals surface area contributed by atoms with Crippen LogP contribution in [-0.2, 0) is 7.05 Å². The molecule has 0 spiro atoms. The first-order valence-electron chi connectivity index (χ1n) is 4.47. The number of nitrogens with two attached hydrogens (primary N) is 1. The lowest BCUT2D eigenvalue weighted by atomic mass is 10.1. The van der Waals surface area contributed by atoms with Crippen LogP contribution in [0.3, 0.4) is 0 Å². The summed E-state index contributed by atoms with van der Waals surface area (Å²) in [4.78, 5) is 0. The number of halogens is 2. The van der Waals surface area contributed by atoms with Crippen molar-refractivity contribution in [2.24, 2.45) is 7.05 Å². The summed E-state index contributed by atoms with van der Waals surface area (Å²) in [6.07, 6.45) is 1.48. The number of hydrogen-bond donors (Lipinski definition) is 2. The first kappa shape index (κ1) is 10.9. The minimum Gasteiger partial charge on any atom is -0.507 e. The molecule has 0 unspecified atom stereocenters.